The van der Waals surface area contributed by atoms with Gasteiger partial charge in [-0.15, -0.1) is 0 Å². The highest BCUT2D eigenvalue weighted by molar-refractivity contribution is 7.80. The van der Waals surface area contributed by atoms with Crippen LogP contribution in [-0.4, -0.2) is 18.3 Å². The molecule has 5 heteroatoms. The SMILES string of the molecule is Cc1ccc(NC(=S)NCCCCOc2ccccc2)cc1F. The molecule has 0 atom stereocenters. The Morgan fingerprint density at radius 3 is 2.65 bits per heavy atom. The summed E-state index contributed by atoms with van der Waals surface area (Å²) in [6.07, 6.45) is 1.88. The molecule has 0 saturated carbocycles. The van der Waals surface area contributed by atoms with Gasteiger partial charge in [-0.3, -0.25) is 0 Å². The summed E-state index contributed by atoms with van der Waals surface area (Å²) in [7, 11) is 0. The van der Waals surface area contributed by atoms with Gasteiger partial charge in [-0.25, -0.2) is 4.39 Å². The molecule has 23 heavy (non-hydrogen) atoms. The molecule has 0 radical (unpaired) electrons. The van der Waals surface area contributed by atoms with Crippen LogP contribution >= 0.6 is 12.2 Å². The van der Waals surface area contributed by atoms with Crippen LogP contribution in [0.3, 0.4) is 0 Å². The minimum absolute atomic E-state index is 0.240. The number of ether oxygens (including phenoxy) is 1. The van der Waals surface area contributed by atoms with Crippen molar-refractivity contribution in [1.29, 1.82) is 0 Å². The zero-order valence-corrected chi connectivity index (χ0v) is 14.0. The second-order valence-electron chi connectivity index (χ2n) is 5.21. The van der Waals surface area contributed by atoms with E-state index in [1.54, 1.807) is 19.1 Å². The Morgan fingerprint density at radius 1 is 1.13 bits per heavy atom. The van der Waals surface area contributed by atoms with E-state index in [4.69, 9.17) is 17.0 Å². The summed E-state index contributed by atoms with van der Waals surface area (Å²) in [6.45, 7) is 3.15. The summed E-state index contributed by atoms with van der Waals surface area (Å²) in [5.74, 6) is 0.648. The number of aryl methyl sites for hydroxylation is 1. The quantitative estimate of drug-likeness (QED) is 0.586. The molecule has 2 aromatic carbocycles. The fraction of sp³-hybridized carbons (Fsp3) is 0.278. The second-order valence-corrected chi connectivity index (χ2v) is 5.62. The average Bonchev–Trinajstić information content (AvgIpc) is 2.55. The highest BCUT2D eigenvalue weighted by atomic mass is 32.1. The molecule has 0 aliphatic heterocycles. The molecule has 0 amide bonds. The fourth-order valence-corrected chi connectivity index (χ4v) is 2.20. The van der Waals surface area contributed by atoms with Gasteiger partial charge in [0.1, 0.15) is 11.6 Å². The molecule has 0 unspecified atom stereocenters. The minimum Gasteiger partial charge on any atom is -0.494 e. The molecule has 0 aliphatic rings. The average molecular weight is 332 g/mol. The van der Waals surface area contributed by atoms with Gasteiger partial charge < -0.3 is 15.4 Å². The second kappa shape index (κ2) is 9.10. The zero-order chi connectivity index (χ0) is 16.5. The molecule has 0 heterocycles. The normalized spacial score (nSPS) is 10.2. The van der Waals surface area contributed by atoms with Crippen LogP contribution in [-0.2, 0) is 0 Å². The van der Waals surface area contributed by atoms with E-state index in [-0.39, 0.29) is 5.82 Å². The Bertz CT molecular complexity index is 634. The van der Waals surface area contributed by atoms with Gasteiger partial charge in [0, 0.05) is 12.2 Å². The number of unbranched alkanes of at least 4 members (excludes halogenated alkanes) is 1. The van der Waals surface area contributed by atoms with Gasteiger partial charge in [0.15, 0.2) is 5.11 Å². The fourth-order valence-electron chi connectivity index (χ4n) is 1.98. The van der Waals surface area contributed by atoms with Crippen molar-refractivity contribution in [3.63, 3.8) is 0 Å². The molecule has 0 fully saturated rings. The van der Waals surface area contributed by atoms with E-state index in [0.717, 1.165) is 25.1 Å². The van der Waals surface area contributed by atoms with Crippen molar-refractivity contribution < 1.29 is 9.13 Å². The van der Waals surface area contributed by atoms with E-state index in [2.05, 4.69) is 10.6 Å². The van der Waals surface area contributed by atoms with Crippen molar-refractivity contribution in [2.75, 3.05) is 18.5 Å². The van der Waals surface area contributed by atoms with Gasteiger partial charge in [-0.2, -0.15) is 0 Å². The number of para-hydroxylation sites is 1. The van der Waals surface area contributed by atoms with Crippen molar-refractivity contribution in [3.8, 4) is 5.75 Å². The first-order valence-electron chi connectivity index (χ1n) is 7.64. The minimum atomic E-state index is -0.240. The molecule has 0 bridgehead atoms. The Hall–Kier alpha value is -2.14. The molecule has 0 saturated heterocycles. The van der Waals surface area contributed by atoms with Crippen LogP contribution in [0.15, 0.2) is 48.5 Å². The van der Waals surface area contributed by atoms with E-state index in [0.29, 0.717) is 23.0 Å². The van der Waals surface area contributed by atoms with Crippen molar-refractivity contribution in [1.82, 2.24) is 5.32 Å². The van der Waals surface area contributed by atoms with Crippen LogP contribution in [0.1, 0.15) is 18.4 Å². The lowest BCUT2D eigenvalue weighted by molar-refractivity contribution is 0.307. The van der Waals surface area contributed by atoms with Crippen molar-refractivity contribution in [2.45, 2.75) is 19.8 Å². The summed E-state index contributed by atoms with van der Waals surface area (Å²) in [6, 6.07) is 14.7. The zero-order valence-electron chi connectivity index (χ0n) is 13.1. The van der Waals surface area contributed by atoms with Gasteiger partial charge in [0.25, 0.3) is 0 Å². The predicted octanol–water partition coefficient (Wildman–Crippen LogP) is 4.28. The van der Waals surface area contributed by atoms with Gasteiger partial charge in [-0.05, 0) is 61.8 Å². The molecular formula is C18H21FN2OS. The maximum absolute atomic E-state index is 13.4. The van der Waals surface area contributed by atoms with Crippen LogP contribution in [0.4, 0.5) is 10.1 Å². The number of benzene rings is 2. The smallest absolute Gasteiger partial charge is 0.170 e. The van der Waals surface area contributed by atoms with Crippen molar-refractivity contribution in [3.05, 3.63) is 59.9 Å². The van der Waals surface area contributed by atoms with Gasteiger partial charge in [0.05, 0.1) is 6.61 Å². The topological polar surface area (TPSA) is 33.3 Å². The van der Waals surface area contributed by atoms with Gasteiger partial charge in [-0.1, -0.05) is 24.3 Å². The summed E-state index contributed by atoms with van der Waals surface area (Å²) < 4.78 is 19.1. The summed E-state index contributed by atoms with van der Waals surface area (Å²) in [5, 5.41) is 6.58. The van der Waals surface area contributed by atoms with Crippen LogP contribution in [0, 0.1) is 12.7 Å². The Balaban J connectivity index is 1.58. The number of anilines is 1. The van der Waals surface area contributed by atoms with E-state index in [1.807, 2.05) is 30.3 Å². The third-order valence-corrected chi connectivity index (χ3v) is 3.54. The van der Waals surface area contributed by atoms with Crippen molar-refractivity contribution in [2.24, 2.45) is 0 Å². The Morgan fingerprint density at radius 2 is 1.91 bits per heavy atom. The van der Waals surface area contributed by atoms with Gasteiger partial charge >= 0.3 is 0 Å². The molecule has 0 aliphatic carbocycles. The molecule has 0 spiro atoms. The number of thiocarbonyl (C=S) groups is 1. The summed E-state index contributed by atoms with van der Waals surface area (Å²) >= 11 is 5.19. The molecular weight excluding hydrogens is 311 g/mol. The van der Waals surface area contributed by atoms with Crippen LogP contribution < -0.4 is 15.4 Å². The lowest BCUT2D eigenvalue weighted by Gasteiger charge is -2.11. The Kier molecular flexibility index (Phi) is 6.81. The van der Waals surface area contributed by atoms with Crippen molar-refractivity contribution >= 4 is 23.0 Å². The van der Waals surface area contributed by atoms with E-state index >= 15 is 0 Å². The summed E-state index contributed by atoms with van der Waals surface area (Å²) in [5.41, 5.74) is 1.27. The first-order chi connectivity index (χ1) is 11.1. The number of nitrogens with one attached hydrogen (secondary N) is 2. The van der Waals surface area contributed by atoms with Crippen LogP contribution in [0.5, 0.6) is 5.75 Å². The number of hydrogen-bond acceptors (Lipinski definition) is 2. The molecule has 2 N–H and O–H groups in total. The van der Waals surface area contributed by atoms with Crippen LogP contribution in [0.2, 0.25) is 0 Å². The summed E-state index contributed by atoms with van der Waals surface area (Å²) in [4.78, 5) is 0. The first-order valence-corrected chi connectivity index (χ1v) is 8.05. The number of rotatable bonds is 7. The highest BCUT2D eigenvalue weighted by Gasteiger charge is 2.01. The maximum Gasteiger partial charge on any atom is 0.170 e. The van der Waals surface area contributed by atoms with E-state index in [1.165, 1.54) is 6.07 Å². The van der Waals surface area contributed by atoms with E-state index in [9.17, 15) is 4.39 Å². The lowest BCUT2D eigenvalue weighted by Crippen LogP contribution is -2.29. The van der Waals surface area contributed by atoms with Crippen LogP contribution in [0.25, 0.3) is 0 Å². The standard InChI is InChI=1S/C18H21FN2OS/c1-14-9-10-15(13-17(14)19)21-18(23)20-11-5-6-12-22-16-7-3-2-4-8-16/h2-4,7-10,13H,5-6,11-12H2,1H3,(H2,20,21,23). The predicted molar refractivity (Wildman–Crippen MR) is 96.5 cm³/mol. The maximum atomic E-state index is 13.4. The van der Waals surface area contributed by atoms with Gasteiger partial charge in [0.2, 0.25) is 0 Å². The molecule has 3 nitrogen and oxygen atoms in total. The lowest BCUT2D eigenvalue weighted by atomic mass is 10.2. The number of halogens is 1. The Labute approximate surface area is 141 Å². The highest BCUT2D eigenvalue weighted by Crippen LogP contribution is 2.13. The monoisotopic (exact) mass is 332 g/mol. The number of hydrogen-bond donors (Lipinski definition) is 2. The molecule has 2 rings (SSSR count). The third-order valence-electron chi connectivity index (χ3n) is 3.30. The molecule has 2 aromatic rings. The van der Waals surface area contributed by atoms with E-state index < -0.39 is 0 Å². The first kappa shape index (κ1) is 17.2. The largest absolute Gasteiger partial charge is 0.494 e. The molecule has 0 aromatic heterocycles. The molecule has 122 valence electrons. The third kappa shape index (κ3) is 6.24.